The SMILES string of the molecule is Cc1cc(C)c(C#N)c(NCCc2ncn[nH]2)n1. The highest BCUT2D eigenvalue weighted by Crippen LogP contribution is 2.17. The van der Waals surface area contributed by atoms with Crippen molar-refractivity contribution in [2.45, 2.75) is 20.3 Å². The van der Waals surface area contributed by atoms with Gasteiger partial charge in [-0.2, -0.15) is 10.4 Å². The topological polar surface area (TPSA) is 90.3 Å². The average Bonchev–Trinajstić information content (AvgIpc) is 2.81. The predicted molar refractivity (Wildman–Crippen MR) is 67.0 cm³/mol. The van der Waals surface area contributed by atoms with Crippen molar-refractivity contribution in [3.63, 3.8) is 0 Å². The van der Waals surface area contributed by atoms with E-state index in [2.05, 4.69) is 31.6 Å². The van der Waals surface area contributed by atoms with Crippen molar-refractivity contribution in [2.75, 3.05) is 11.9 Å². The zero-order chi connectivity index (χ0) is 13.0. The molecule has 2 aromatic heterocycles. The summed E-state index contributed by atoms with van der Waals surface area (Å²) in [5.74, 6) is 1.44. The maximum Gasteiger partial charge on any atom is 0.144 e. The third-order valence-corrected chi connectivity index (χ3v) is 2.58. The van der Waals surface area contributed by atoms with Crippen molar-refractivity contribution < 1.29 is 0 Å². The first kappa shape index (κ1) is 12.0. The molecule has 6 heteroatoms. The van der Waals surface area contributed by atoms with Gasteiger partial charge in [0, 0.05) is 18.7 Å². The van der Waals surface area contributed by atoms with Gasteiger partial charge < -0.3 is 5.32 Å². The van der Waals surface area contributed by atoms with Crippen molar-refractivity contribution in [1.29, 1.82) is 5.26 Å². The molecule has 0 saturated carbocycles. The minimum atomic E-state index is 0.596. The molecule has 92 valence electrons. The van der Waals surface area contributed by atoms with Gasteiger partial charge in [0.25, 0.3) is 0 Å². The first-order valence-electron chi connectivity index (χ1n) is 5.67. The number of nitriles is 1. The second kappa shape index (κ2) is 5.27. The number of pyridine rings is 1. The monoisotopic (exact) mass is 242 g/mol. The molecule has 0 fully saturated rings. The molecule has 2 rings (SSSR count). The molecule has 0 atom stereocenters. The summed E-state index contributed by atoms with van der Waals surface area (Å²) in [5, 5.41) is 18.8. The molecule has 0 saturated heterocycles. The third-order valence-electron chi connectivity index (χ3n) is 2.58. The molecule has 6 nitrogen and oxygen atoms in total. The average molecular weight is 242 g/mol. The largest absolute Gasteiger partial charge is 0.369 e. The van der Waals surface area contributed by atoms with E-state index < -0.39 is 0 Å². The van der Waals surface area contributed by atoms with Gasteiger partial charge in [-0.05, 0) is 25.5 Å². The summed E-state index contributed by atoms with van der Waals surface area (Å²) >= 11 is 0. The molecule has 0 unspecified atom stereocenters. The highest BCUT2D eigenvalue weighted by molar-refractivity contribution is 5.56. The lowest BCUT2D eigenvalue weighted by molar-refractivity contribution is 0.895. The van der Waals surface area contributed by atoms with Crippen molar-refractivity contribution >= 4 is 5.82 Å². The maximum absolute atomic E-state index is 9.11. The number of hydrogen-bond donors (Lipinski definition) is 2. The zero-order valence-corrected chi connectivity index (χ0v) is 10.4. The highest BCUT2D eigenvalue weighted by Gasteiger charge is 2.08. The lowest BCUT2D eigenvalue weighted by Gasteiger charge is -2.09. The summed E-state index contributed by atoms with van der Waals surface area (Å²) in [6.45, 7) is 4.48. The summed E-state index contributed by atoms with van der Waals surface area (Å²) in [6.07, 6.45) is 2.19. The minimum Gasteiger partial charge on any atom is -0.369 e. The lowest BCUT2D eigenvalue weighted by Crippen LogP contribution is -2.10. The molecule has 0 aliphatic rings. The summed E-state index contributed by atoms with van der Waals surface area (Å²) in [4.78, 5) is 8.38. The predicted octanol–water partition coefficient (Wildman–Crippen LogP) is 1.34. The van der Waals surface area contributed by atoms with E-state index in [0.29, 0.717) is 24.3 Å². The number of H-pyrrole nitrogens is 1. The van der Waals surface area contributed by atoms with Gasteiger partial charge in [-0.25, -0.2) is 9.97 Å². The van der Waals surface area contributed by atoms with Crippen LogP contribution in [-0.4, -0.2) is 26.7 Å². The fourth-order valence-corrected chi connectivity index (χ4v) is 1.76. The summed E-state index contributed by atoms with van der Waals surface area (Å²) in [5.41, 5.74) is 2.43. The summed E-state index contributed by atoms with van der Waals surface area (Å²) in [6, 6.07) is 4.08. The molecular weight excluding hydrogens is 228 g/mol. The number of rotatable bonds is 4. The van der Waals surface area contributed by atoms with E-state index in [0.717, 1.165) is 17.1 Å². The second-order valence-electron chi connectivity index (χ2n) is 4.02. The minimum absolute atomic E-state index is 0.596. The Labute approximate surface area is 105 Å². The van der Waals surface area contributed by atoms with Crippen molar-refractivity contribution in [2.24, 2.45) is 0 Å². The van der Waals surface area contributed by atoms with E-state index in [1.807, 2.05) is 19.9 Å². The van der Waals surface area contributed by atoms with Gasteiger partial charge in [0.15, 0.2) is 0 Å². The van der Waals surface area contributed by atoms with Gasteiger partial charge >= 0.3 is 0 Å². The third kappa shape index (κ3) is 2.63. The van der Waals surface area contributed by atoms with Crippen LogP contribution in [0.5, 0.6) is 0 Å². The number of nitrogens with zero attached hydrogens (tertiary/aromatic N) is 4. The number of aryl methyl sites for hydroxylation is 2. The van der Waals surface area contributed by atoms with Crippen LogP contribution in [0.15, 0.2) is 12.4 Å². The second-order valence-corrected chi connectivity index (χ2v) is 4.02. The number of anilines is 1. The summed E-state index contributed by atoms with van der Waals surface area (Å²) < 4.78 is 0. The van der Waals surface area contributed by atoms with Crippen LogP contribution < -0.4 is 5.32 Å². The smallest absolute Gasteiger partial charge is 0.144 e. The molecule has 0 amide bonds. The van der Waals surface area contributed by atoms with E-state index in [-0.39, 0.29) is 0 Å². The fraction of sp³-hybridized carbons (Fsp3) is 0.333. The zero-order valence-electron chi connectivity index (χ0n) is 10.4. The molecule has 0 spiro atoms. The van der Waals surface area contributed by atoms with Gasteiger partial charge in [0.2, 0.25) is 0 Å². The molecule has 18 heavy (non-hydrogen) atoms. The molecule has 0 radical (unpaired) electrons. The van der Waals surface area contributed by atoms with Crippen LogP contribution in [0.4, 0.5) is 5.82 Å². The number of nitrogens with one attached hydrogen (secondary N) is 2. The Hall–Kier alpha value is -2.42. The molecule has 0 aromatic carbocycles. The van der Waals surface area contributed by atoms with E-state index in [1.54, 1.807) is 0 Å². The molecule has 0 bridgehead atoms. The molecular formula is C12H14N6. The molecule has 2 heterocycles. The van der Waals surface area contributed by atoms with Crippen LogP contribution in [-0.2, 0) is 6.42 Å². The van der Waals surface area contributed by atoms with E-state index in [9.17, 15) is 0 Å². The van der Waals surface area contributed by atoms with Crippen LogP contribution in [0, 0.1) is 25.2 Å². The van der Waals surface area contributed by atoms with E-state index in [4.69, 9.17) is 5.26 Å². The van der Waals surface area contributed by atoms with Crippen molar-refractivity contribution in [3.05, 3.63) is 35.0 Å². The Morgan fingerprint density at radius 1 is 1.44 bits per heavy atom. The van der Waals surface area contributed by atoms with Crippen LogP contribution in [0.2, 0.25) is 0 Å². The van der Waals surface area contributed by atoms with E-state index >= 15 is 0 Å². The highest BCUT2D eigenvalue weighted by atomic mass is 15.2. The first-order chi connectivity index (χ1) is 8.70. The van der Waals surface area contributed by atoms with Crippen LogP contribution >= 0.6 is 0 Å². The Kier molecular flexibility index (Phi) is 3.53. The van der Waals surface area contributed by atoms with Crippen molar-refractivity contribution in [1.82, 2.24) is 20.2 Å². The lowest BCUT2D eigenvalue weighted by atomic mass is 10.1. The Balaban J connectivity index is 2.07. The van der Waals surface area contributed by atoms with Gasteiger partial charge in [0.05, 0.1) is 5.56 Å². The number of aromatic amines is 1. The van der Waals surface area contributed by atoms with Gasteiger partial charge in [-0.1, -0.05) is 0 Å². The maximum atomic E-state index is 9.11. The number of aromatic nitrogens is 4. The molecule has 0 aliphatic heterocycles. The number of hydrogen-bond acceptors (Lipinski definition) is 5. The Bertz CT molecular complexity index is 567. The van der Waals surface area contributed by atoms with Crippen molar-refractivity contribution in [3.8, 4) is 6.07 Å². The van der Waals surface area contributed by atoms with Crippen LogP contribution in [0.1, 0.15) is 22.6 Å². The molecule has 2 aromatic rings. The Morgan fingerprint density at radius 3 is 2.94 bits per heavy atom. The van der Waals surface area contributed by atoms with Gasteiger partial charge in [-0.15, -0.1) is 0 Å². The fourth-order valence-electron chi connectivity index (χ4n) is 1.76. The quantitative estimate of drug-likeness (QED) is 0.844. The first-order valence-corrected chi connectivity index (χ1v) is 5.67. The van der Waals surface area contributed by atoms with Crippen LogP contribution in [0.3, 0.4) is 0 Å². The van der Waals surface area contributed by atoms with Gasteiger partial charge in [-0.3, -0.25) is 5.10 Å². The summed E-state index contributed by atoms with van der Waals surface area (Å²) in [7, 11) is 0. The molecule has 2 N–H and O–H groups in total. The molecule has 0 aliphatic carbocycles. The van der Waals surface area contributed by atoms with E-state index in [1.165, 1.54) is 6.33 Å². The Morgan fingerprint density at radius 2 is 2.28 bits per heavy atom. The van der Waals surface area contributed by atoms with Crippen LogP contribution in [0.25, 0.3) is 0 Å². The standard InChI is InChI=1S/C12H14N6/c1-8-5-9(2)17-12(10(8)6-13)14-4-3-11-15-7-16-18-11/h5,7H,3-4H2,1-2H3,(H,14,17)(H,15,16,18). The normalized spacial score (nSPS) is 10.1. The van der Waals surface area contributed by atoms with Gasteiger partial charge in [0.1, 0.15) is 24.0 Å².